The van der Waals surface area contributed by atoms with Crippen LogP contribution in [0, 0.1) is 0 Å². The fourth-order valence-corrected chi connectivity index (χ4v) is 0.0833. The van der Waals surface area contributed by atoms with Gasteiger partial charge in [-0.25, -0.2) is 4.79 Å². The largest absolute Gasteiger partial charge is 0.466 e. The van der Waals surface area contributed by atoms with Crippen molar-refractivity contribution in [2.75, 3.05) is 7.11 Å². The highest BCUT2D eigenvalue weighted by molar-refractivity contribution is 6.54. The van der Waals surface area contributed by atoms with Gasteiger partial charge in [-0.05, 0) is 0 Å². The number of rotatable bonds is 1. The summed E-state index contributed by atoms with van der Waals surface area (Å²) in [6.45, 7) is 10.1. The van der Waals surface area contributed by atoms with E-state index in [4.69, 9.17) is 0 Å². The first-order valence-electron chi connectivity index (χ1n) is 3.25. The molecule has 0 aliphatic carbocycles. The van der Waals surface area contributed by atoms with Gasteiger partial charge >= 0.3 is 5.97 Å². The Morgan fingerprint density at radius 2 is 1.80 bits per heavy atom. The normalized spacial score (nSPS) is 7.70. The lowest BCUT2D eigenvalue weighted by atomic mass is 10.7. The zero-order chi connectivity index (χ0) is 8.57. The zero-order valence-corrected chi connectivity index (χ0v) is 8.33. The van der Waals surface area contributed by atoms with E-state index in [0.717, 1.165) is 6.08 Å². The van der Waals surface area contributed by atoms with Gasteiger partial charge in [0.05, 0.1) is 7.11 Å². The minimum absolute atomic E-state index is 0.139. The summed E-state index contributed by atoms with van der Waals surface area (Å²) in [5.74, 6) is -0.394. The molecule has 0 aromatic heterocycles. The van der Waals surface area contributed by atoms with Crippen LogP contribution in [0.4, 0.5) is 0 Å². The Kier molecular flexibility index (Phi) is 10.2. The number of methoxy groups -OCH3 is 1. The highest BCUT2D eigenvalue weighted by Crippen LogP contribution is 1.68. The average molecular weight is 160 g/mol. The van der Waals surface area contributed by atoms with Crippen LogP contribution in [0.3, 0.4) is 0 Å². The van der Waals surface area contributed by atoms with Gasteiger partial charge in [0, 0.05) is 14.9 Å². The third kappa shape index (κ3) is 26.1. The van der Waals surface area contributed by atoms with Crippen molar-refractivity contribution in [3.63, 3.8) is 0 Å². The highest BCUT2D eigenvalue weighted by atomic mass is 28.3. The lowest BCUT2D eigenvalue weighted by Crippen LogP contribution is -1.91. The van der Waals surface area contributed by atoms with Crippen LogP contribution >= 0.6 is 0 Å². The van der Waals surface area contributed by atoms with Crippen LogP contribution in [0.1, 0.15) is 0 Å². The lowest BCUT2D eigenvalue weighted by molar-refractivity contribution is -0.134. The van der Waals surface area contributed by atoms with E-state index in [1.807, 2.05) is 0 Å². The van der Waals surface area contributed by atoms with Gasteiger partial charge in [0.2, 0.25) is 0 Å². The molecule has 0 rings (SSSR count). The fraction of sp³-hybridized carbons (Fsp3) is 0.571. The molecule has 3 heteroatoms. The van der Waals surface area contributed by atoms with E-state index in [2.05, 4.69) is 31.0 Å². The molecule has 0 saturated heterocycles. The summed E-state index contributed by atoms with van der Waals surface area (Å²) in [7, 11) is 1.17. The first-order valence-corrected chi connectivity index (χ1v) is 6.71. The SMILES string of the molecule is C=CC(=O)OC.C[SiH](C)C. The van der Waals surface area contributed by atoms with Crippen molar-refractivity contribution in [3.8, 4) is 0 Å². The number of ether oxygens (including phenoxy) is 1. The van der Waals surface area contributed by atoms with Crippen LogP contribution in [0.2, 0.25) is 19.6 Å². The van der Waals surface area contributed by atoms with Crippen LogP contribution in [-0.4, -0.2) is 21.9 Å². The fourth-order valence-electron chi connectivity index (χ4n) is 0.0833. The number of hydrogen-bond acceptors (Lipinski definition) is 2. The van der Waals surface area contributed by atoms with Crippen LogP contribution in [0.5, 0.6) is 0 Å². The molecule has 10 heavy (non-hydrogen) atoms. The van der Waals surface area contributed by atoms with E-state index < -0.39 is 5.97 Å². The van der Waals surface area contributed by atoms with Gasteiger partial charge in [-0.3, -0.25) is 0 Å². The maximum atomic E-state index is 9.84. The first-order chi connectivity index (χ1) is 4.54. The van der Waals surface area contributed by atoms with Gasteiger partial charge in [-0.2, -0.15) is 0 Å². The minimum Gasteiger partial charge on any atom is -0.466 e. The zero-order valence-electron chi connectivity index (χ0n) is 7.18. The standard InChI is InChI=1S/C4H6O2.C3H10Si/c1-3-4(5)6-2;1-4(2)3/h3H,1H2,2H3;4H,1-3H3. The summed E-state index contributed by atoms with van der Waals surface area (Å²) in [4.78, 5) is 9.84. The summed E-state index contributed by atoms with van der Waals surface area (Å²) in [6.07, 6.45) is 1.11. The van der Waals surface area contributed by atoms with Crippen LogP contribution in [-0.2, 0) is 9.53 Å². The molecule has 0 N–H and O–H groups in total. The van der Waals surface area contributed by atoms with Gasteiger partial charge in [-0.1, -0.05) is 26.2 Å². The van der Waals surface area contributed by atoms with Gasteiger partial charge in [0.15, 0.2) is 0 Å². The van der Waals surface area contributed by atoms with E-state index in [-0.39, 0.29) is 8.80 Å². The molecule has 0 saturated carbocycles. The second kappa shape index (κ2) is 8.43. The van der Waals surface area contributed by atoms with E-state index in [1.165, 1.54) is 7.11 Å². The van der Waals surface area contributed by atoms with Crippen LogP contribution < -0.4 is 0 Å². The molecule has 0 aliphatic heterocycles. The quantitative estimate of drug-likeness (QED) is 0.330. The predicted octanol–water partition coefficient (Wildman–Crippen LogP) is 1.45. The van der Waals surface area contributed by atoms with Gasteiger partial charge in [-0.15, -0.1) is 0 Å². The summed E-state index contributed by atoms with van der Waals surface area (Å²) in [5, 5.41) is 0. The summed E-state index contributed by atoms with van der Waals surface area (Å²) >= 11 is 0. The molecule has 2 nitrogen and oxygen atoms in total. The molecule has 0 radical (unpaired) electrons. The molecule has 0 atom stereocenters. The monoisotopic (exact) mass is 160 g/mol. The maximum Gasteiger partial charge on any atom is 0.329 e. The van der Waals surface area contributed by atoms with Gasteiger partial charge < -0.3 is 4.74 Å². The smallest absolute Gasteiger partial charge is 0.329 e. The molecule has 0 aromatic rings. The highest BCUT2D eigenvalue weighted by Gasteiger charge is 1.81. The predicted molar refractivity (Wildman–Crippen MR) is 47.0 cm³/mol. The minimum atomic E-state index is -0.394. The Bertz CT molecular complexity index is 97.0. The van der Waals surface area contributed by atoms with Crippen LogP contribution in [0.25, 0.3) is 0 Å². The molecule has 0 spiro atoms. The molecule has 0 heterocycles. The summed E-state index contributed by atoms with van der Waals surface area (Å²) < 4.78 is 4.14. The van der Waals surface area contributed by atoms with Gasteiger partial charge in [0.25, 0.3) is 0 Å². The Labute approximate surface area is 64.5 Å². The molecule has 0 bridgehead atoms. The molecule has 0 amide bonds. The van der Waals surface area contributed by atoms with Crippen molar-refractivity contribution in [2.45, 2.75) is 19.6 Å². The molecule has 0 aliphatic rings. The Balaban J connectivity index is 0. The van der Waals surface area contributed by atoms with E-state index >= 15 is 0 Å². The van der Waals surface area contributed by atoms with Crippen LogP contribution in [0.15, 0.2) is 12.7 Å². The van der Waals surface area contributed by atoms with Gasteiger partial charge in [0.1, 0.15) is 0 Å². The second-order valence-corrected chi connectivity index (χ2v) is 5.92. The molecule has 0 fully saturated rings. The average Bonchev–Trinajstić information content (AvgIpc) is 1.85. The number of carbonyl (C=O) groups excluding carboxylic acids is 1. The van der Waals surface area contributed by atoms with Crippen molar-refractivity contribution in [1.29, 1.82) is 0 Å². The first kappa shape index (κ1) is 12.1. The van der Waals surface area contributed by atoms with Crippen molar-refractivity contribution in [3.05, 3.63) is 12.7 Å². The number of carbonyl (C=O) groups is 1. The molecule has 0 unspecified atom stereocenters. The molecular formula is C7H16O2Si. The molecule has 60 valence electrons. The van der Waals surface area contributed by atoms with Crippen molar-refractivity contribution in [1.82, 2.24) is 0 Å². The van der Waals surface area contributed by atoms with Crippen molar-refractivity contribution < 1.29 is 9.53 Å². The summed E-state index contributed by atoms with van der Waals surface area (Å²) in [5.41, 5.74) is 0. The Morgan fingerprint density at radius 1 is 1.50 bits per heavy atom. The Morgan fingerprint density at radius 3 is 1.80 bits per heavy atom. The second-order valence-electron chi connectivity index (χ2n) is 2.46. The lowest BCUT2D eigenvalue weighted by Gasteiger charge is -1.83. The molecular weight excluding hydrogens is 144 g/mol. The summed E-state index contributed by atoms with van der Waals surface area (Å²) in [6, 6.07) is 0. The van der Waals surface area contributed by atoms with E-state index in [1.54, 1.807) is 0 Å². The topological polar surface area (TPSA) is 26.3 Å². The number of hydrogen-bond donors (Lipinski definition) is 0. The Hall–Kier alpha value is -0.573. The maximum absolute atomic E-state index is 9.84. The van der Waals surface area contributed by atoms with E-state index in [0.29, 0.717) is 0 Å². The van der Waals surface area contributed by atoms with Crippen molar-refractivity contribution >= 4 is 14.8 Å². The van der Waals surface area contributed by atoms with Crippen molar-refractivity contribution in [2.24, 2.45) is 0 Å². The van der Waals surface area contributed by atoms with E-state index in [9.17, 15) is 4.79 Å². The molecule has 0 aromatic carbocycles. The number of esters is 1. The third-order valence-electron chi connectivity index (χ3n) is 0.368. The third-order valence-corrected chi connectivity index (χ3v) is 0.368.